The van der Waals surface area contributed by atoms with Gasteiger partial charge in [0.05, 0.1) is 5.56 Å². The maximum Gasteiger partial charge on any atom is 0.416 e. The van der Waals surface area contributed by atoms with E-state index in [-0.39, 0.29) is 36.4 Å². The second kappa shape index (κ2) is 8.98. The van der Waals surface area contributed by atoms with Gasteiger partial charge in [-0.3, -0.25) is 0 Å². The van der Waals surface area contributed by atoms with Crippen molar-refractivity contribution in [3.63, 3.8) is 0 Å². The van der Waals surface area contributed by atoms with Crippen LogP contribution in [0.4, 0.5) is 32.4 Å². The number of hydrogen-bond donors (Lipinski definition) is 0. The summed E-state index contributed by atoms with van der Waals surface area (Å²) in [5.74, 6) is 0.999. The van der Waals surface area contributed by atoms with E-state index < -0.39 is 29.9 Å². The monoisotopic (exact) mass is 540 g/mol. The van der Waals surface area contributed by atoms with Gasteiger partial charge in [0.2, 0.25) is 0 Å². The van der Waals surface area contributed by atoms with E-state index in [0.717, 1.165) is 29.7 Å². The zero-order chi connectivity index (χ0) is 26.8. The average Bonchev–Trinajstić information content (AvgIpc) is 3.53. The molecule has 204 valence electrons. The maximum atomic E-state index is 13.9. The van der Waals surface area contributed by atoms with Crippen LogP contribution in [0.1, 0.15) is 66.2 Å². The molecule has 0 amide bonds. The molecule has 7 nitrogen and oxygen atoms in total. The zero-order valence-electron chi connectivity index (χ0n) is 20.5. The molecule has 0 radical (unpaired) electrons. The standard InChI is InChI=1S/C25H26F6N6O/c1-13-32-23(38-35-13)36-11-15-5-6-16(12-36)19(15)10-21-33-22-18(7-8-20(25(29,30)31)37(22)34-21)14-3-2-4-17(9-14)24(26,27)28/h2-4,9,15-16,18-20H,5-8,10-12H2,1H3/t15-,16+,18?,19?,20?. The van der Waals surface area contributed by atoms with Gasteiger partial charge in [-0.1, -0.05) is 23.4 Å². The molecule has 0 N–H and O–H groups in total. The molecule has 1 aromatic carbocycles. The fourth-order valence-electron chi connectivity index (χ4n) is 6.51. The molecule has 0 spiro atoms. The van der Waals surface area contributed by atoms with Crippen molar-refractivity contribution in [3.05, 3.63) is 52.9 Å². The van der Waals surface area contributed by atoms with E-state index in [2.05, 4.69) is 25.1 Å². The van der Waals surface area contributed by atoms with E-state index in [1.807, 2.05) is 0 Å². The van der Waals surface area contributed by atoms with E-state index in [1.165, 1.54) is 12.1 Å². The van der Waals surface area contributed by atoms with Crippen LogP contribution in [0.5, 0.6) is 0 Å². The predicted octanol–water partition coefficient (Wildman–Crippen LogP) is 5.72. The lowest BCUT2D eigenvalue weighted by Crippen LogP contribution is -2.43. The fourth-order valence-corrected chi connectivity index (χ4v) is 6.51. The second-order valence-corrected chi connectivity index (χ2v) is 10.6. The number of alkyl halides is 6. The van der Waals surface area contributed by atoms with Crippen molar-refractivity contribution in [2.24, 2.45) is 17.8 Å². The predicted molar refractivity (Wildman–Crippen MR) is 122 cm³/mol. The summed E-state index contributed by atoms with van der Waals surface area (Å²) >= 11 is 0. The van der Waals surface area contributed by atoms with Crippen molar-refractivity contribution in [2.45, 2.75) is 63.3 Å². The highest BCUT2D eigenvalue weighted by molar-refractivity contribution is 5.33. The number of nitrogens with zero attached hydrogens (tertiary/aromatic N) is 6. The molecule has 1 saturated carbocycles. The molecule has 2 fully saturated rings. The van der Waals surface area contributed by atoms with Gasteiger partial charge in [0.25, 0.3) is 0 Å². The van der Waals surface area contributed by atoms with Crippen LogP contribution in [-0.2, 0) is 12.6 Å². The molecule has 4 heterocycles. The van der Waals surface area contributed by atoms with Crippen LogP contribution < -0.4 is 4.90 Å². The summed E-state index contributed by atoms with van der Waals surface area (Å²) in [6, 6.07) is 3.39. The van der Waals surface area contributed by atoms with E-state index in [0.29, 0.717) is 42.7 Å². The zero-order valence-corrected chi connectivity index (χ0v) is 20.5. The normalized spacial score (nSPS) is 27.6. The number of rotatable bonds is 4. The molecular formula is C25H26F6N6O. The molecule has 3 aromatic rings. The third kappa shape index (κ3) is 4.53. The van der Waals surface area contributed by atoms with Gasteiger partial charge in [0, 0.05) is 25.4 Å². The summed E-state index contributed by atoms with van der Waals surface area (Å²) in [4.78, 5) is 10.9. The lowest BCUT2D eigenvalue weighted by molar-refractivity contribution is -0.175. The van der Waals surface area contributed by atoms with Crippen LogP contribution in [0, 0.1) is 24.7 Å². The first kappa shape index (κ1) is 25.2. The Hall–Kier alpha value is -3.12. The molecule has 6 rings (SSSR count). The third-order valence-corrected chi connectivity index (χ3v) is 8.27. The minimum atomic E-state index is -4.55. The summed E-state index contributed by atoms with van der Waals surface area (Å²) in [7, 11) is 0. The second-order valence-electron chi connectivity index (χ2n) is 10.6. The Morgan fingerprint density at radius 2 is 1.71 bits per heavy atom. The van der Waals surface area contributed by atoms with Crippen LogP contribution >= 0.6 is 0 Å². The number of anilines is 1. The molecule has 1 aliphatic carbocycles. The first-order valence-electron chi connectivity index (χ1n) is 12.7. The maximum absolute atomic E-state index is 13.9. The van der Waals surface area contributed by atoms with Crippen molar-refractivity contribution >= 4 is 6.01 Å². The van der Waals surface area contributed by atoms with Crippen LogP contribution in [-0.4, -0.2) is 44.2 Å². The van der Waals surface area contributed by atoms with Crippen molar-refractivity contribution in [1.29, 1.82) is 0 Å². The quantitative estimate of drug-likeness (QED) is 0.394. The number of aromatic nitrogens is 5. The Labute approximate surface area is 214 Å². The number of aryl methyl sites for hydroxylation is 1. The van der Waals surface area contributed by atoms with Gasteiger partial charge in [0.15, 0.2) is 11.6 Å². The van der Waals surface area contributed by atoms with Gasteiger partial charge in [-0.05, 0) is 62.0 Å². The van der Waals surface area contributed by atoms with Crippen molar-refractivity contribution in [1.82, 2.24) is 24.9 Å². The largest absolute Gasteiger partial charge is 0.416 e. The van der Waals surface area contributed by atoms with Gasteiger partial charge in [-0.25, -0.2) is 9.67 Å². The smallest absolute Gasteiger partial charge is 0.324 e. The number of fused-ring (bicyclic) bond motifs is 3. The van der Waals surface area contributed by atoms with Gasteiger partial charge in [-0.2, -0.15) is 36.4 Å². The molecule has 3 unspecified atom stereocenters. The van der Waals surface area contributed by atoms with E-state index >= 15 is 0 Å². The van der Waals surface area contributed by atoms with Crippen LogP contribution in [0.15, 0.2) is 28.8 Å². The summed E-state index contributed by atoms with van der Waals surface area (Å²) in [5.41, 5.74) is -0.539. The van der Waals surface area contributed by atoms with Crippen molar-refractivity contribution < 1.29 is 30.9 Å². The number of piperidine rings is 1. The van der Waals surface area contributed by atoms with Gasteiger partial charge in [0.1, 0.15) is 11.9 Å². The molecule has 2 aromatic heterocycles. The Morgan fingerprint density at radius 1 is 0.974 bits per heavy atom. The fraction of sp³-hybridized carbons (Fsp3) is 0.600. The average molecular weight is 541 g/mol. The topological polar surface area (TPSA) is 72.9 Å². The Morgan fingerprint density at radius 3 is 2.34 bits per heavy atom. The third-order valence-electron chi connectivity index (χ3n) is 8.27. The van der Waals surface area contributed by atoms with E-state index in [1.54, 1.807) is 6.92 Å². The number of hydrogen-bond acceptors (Lipinski definition) is 6. The van der Waals surface area contributed by atoms with Crippen LogP contribution in [0.2, 0.25) is 0 Å². The Balaban J connectivity index is 1.28. The number of benzene rings is 1. The van der Waals surface area contributed by atoms with Gasteiger partial charge in [-0.15, -0.1) is 0 Å². The first-order chi connectivity index (χ1) is 18.0. The molecule has 38 heavy (non-hydrogen) atoms. The lowest BCUT2D eigenvalue weighted by atomic mass is 9.82. The first-order valence-corrected chi connectivity index (χ1v) is 12.7. The van der Waals surface area contributed by atoms with Gasteiger partial charge < -0.3 is 9.42 Å². The molecule has 2 aliphatic heterocycles. The minimum Gasteiger partial charge on any atom is -0.324 e. The number of halogens is 6. The molecular weight excluding hydrogens is 514 g/mol. The molecule has 5 atom stereocenters. The molecule has 1 saturated heterocycles. The molecule has 3 aliphatic rings. The highest BCUT2D eigenvalue weighted by Crippen LogP contribution is 2.47. The summed E-state index contributed by atoms with van der Waals surface area (Å²) in [5, 5.41) is 8.18. The van der Waals surface area contributed by atoms with Crippen molar-refractivity contribution in [2.75, 3.05) is 18.0 Å². The lowest BCUT2D eigenvalue weighted by Gasteiger charge is -2.36. The summed E-state index contributed by atoms with van der Waals surface area (Å²) < 4.78 is 88.0. The van der Waals surface area contributed by atoms with Crippen LogP contribution in [0.3, 0.4) is 0 Å². The van der Waals surface area contributed by atoms with E-state index in [4.69, 9.17) is 4.52 Å². The minimum absolute atomic E-state index is 0.0385. The van der Waals surface area contributed by atoms with Gasteiger partial charge >= 0.3 is 18.4 Å². The Bertz CT molecular complexity index is 1300. The highest BCUT2D eigenvalue weighted by atomic mass is 19.4. The SMILES string of the molecule is Cc1noc(N2C[C@H]3CC[C@@H](C2)C3Cc2nc3n(n2)C(C(F)(F)F)CCC3c2cccc(C(F)(F)F)c2)n1. The van der Waals surface area contributed by atoms with E-state index in [9.17, 15) is 26.3 Å². The highest BCUT2D eigenvalue weighted by Gasteiger charge is 2.48. The molecule has 2 bridgehead atoms. The summed E-state index contributed by atoms with van der Waals surface area (Å²) in [6.45, 7) is 3.16. The Kier molecular flexibility index (Phi) is 5.95. The summed E-state index contributed by atoms with van der Waals surface area (Å²) in [6.07, 6.45) is -6.94. The molecule has 13 heteroatoms. The van der Waals surface area contributed by atoms with Crippen LogP contribution in [0.25, 0.3) is 0 Å². The van der Waals surface area contributed by atoms with Crippen molar-refractivity contribution in [3.8, 4) is 0 Å².